The SMILES string of the molecule is CCOc1ccc(OCC)c(NC(=O)[C@@H](C)Sc2ccc(=O)n(-c3ccc(C)cc3)n2)c1. The van der Waals surface area contributed by atoms with E-state index < -0.39 is 5.25 Å². The van der Waals surface area contributed by atoms with Gasteiger partial charge in [-0.3, -0.25) is 9.59 Å². The molecule has 0 radical (unpaired) electrons. The molecule has 32 heavy (non-hydrogen) atoms. The van der Waals surface area contributed by atoms with Crippen molar-refractivity contribution in [2.24, 2.45) is 0 Å². The van der Waals surface area contributed by atoms with Crippen molar-refractivity contribution in [3.63, 3.8) is 0 Å². The predicted octanol–water partition coefficient (Wildman–Crippen LogP) is 4.46. The minimum atomic E-state index is -0.461. The van der Waals surface area contributed by atoms with E-state index in [1.54, 1.807) is 31.2 Å². The van der Waals surface area contributed by atoms with Crippen LogP contribution in [0.25, 0.3) is 5.69 Å². The Kier molecular flexibility index (Phi) is 7.94. The summed E-state index contributed by atoms with van der Waals surface area (Å²) in [4.78, 5) is 25.2. The molecule has 0 fully saturated rings. The third-order valence-electron chi connectivity index (χ3n) is 4.54. The van der Waals surface area contributed by atoms with Crippen molar-refractivity contribution in [1.82, 2.24) is 9.78 Å². The number of nitrogens with zero attached hydrogens (tertiary/aromatic N) is 2. The molecule has 0 aliphatic rings. The van der Waals surface area contributed by atoms with Crippen molar-refractivity contribution in [3.8, 4) is 17.2 Å². The summed E-state index contributed by atoms with van der Waals surface area (Å²) in [6, 6.07) is 15.9. The van der Waals surface area contributed by atoms with E-state index in [9.17, 15) is 9.59 Å². The van der Waals surface area contributed by atoms with Crippen LogP contribution in [0.15, 0.2) is 64.4 Å². The number of hydrogen-bond acceptors (Lipinski definition) is 6. The van der Waals surface area contributed by atoms with Gasteiger partial charge in [0.05, 0.1) is 29.8 Å². The van der Waals surface area contributed by atoms with Gasteiger partial charge in [-0.1, -0.05) is 29.5 Å². The number of ether oxygens (including phenoxy) is 2. The first-order valence-electron chi connectivity index (χ1n) is 10.5. The van der Waals surface area contributed by atoms with Crippen LogP contribution in [0, 0.1) is 6.92 Å². The second-order valence-electron chi connectivity index (χ2n) is 7.03. The number of carbonyl (C=O) groups excluding carboxylic acids is 1. The number of benzene rings is 2. The third-order valence-corrected chi connectivity index (χ3v) is 5.57. The molecular weight excluding hydrogens is 426 g/mol. The highest BCUT2D eigenvalue weighted by Crippen LogP contribution is 2.31. The number of carbonyl (C=O) groups is 1. The van der Waals surface area contributed by atoms with Crippen molar-refractivity contribution < 1.29 is 14.3 Å². The summed E-state index contributed by atoms with van der Waals surface area (Å²) >= 11 is 1.27. The van der Waals surface area contributed by atoms with Crippen LogP contribution in [0.2, 0.25) is 0 Å². The van der Waals surface area contributed by atoms with Gasteiger partial charge in [-0.25, -0.2) is 0 Å². The summed E-state index contributed by atoms with van der Waals surface area (Å²) in [7, 11) is 0. The monoisotopic (exact) mass is 453 g/mol. The molecule has 3 aromatic rings. The lowest BCUT2D eigenvalue weighted by molar-refractivity contribution is -0.115. The normalized spacial score (nSPS) is 11.6. The maximum atomic E-state index is 12.9. The Balaban J connectivity index is 1.76. The molecule has 7 nitrogen and oxygen atoms in total. The standard InChI is InChI=1S/C24H27N3O4S/c1-5-30-19-11-12-21(31-6-2)20(15-19)25-24(29)17(4)32-22-13-14-23(28)27(26-22)18-9-7-16(3)8-10-18/h7-15,17H,5-6H2,1-4H3,(H,25,29)/t17-/m1/s1. The van der Waals surface area contributed by atoms with E-state index in [2.05, 4.69) is 10.4 Å². The van der Waals surface area contributed by atoms with Gasteiger partial charge in [-0.2, -0.15) is 9.78 Å². The summed E-state index contributed by atoms with van der Waals surface area (Å²) in [6.07, 6.45) is 0. The van der Waals surface area contributed by atoms with E-state index in [4.69, 9.17) is 9.47 Å². The molecule has 1 amide bonds. The van der Waals surface area contributed by atoms with Crippen molar-refractivity contribution in [1.29, 1.82) is 0 Å². The van der Waals surface area contributed by atoms with Crippen LogP contribution in [0.5, 0.6) is 11.5 Å². The van der Waals surface area contributed by atoms with Crippen LogP contribution in [0.3, 0.4) is 0 Å². The van der Waals surface area contributed by atoms with Crippen LogP contribution in [0.4, 0.5) is 5.69 Å². The fourth-order valence-corrected chi connectivity index (χ4v) is 3.75. The maximum Gasteiger partial charge on any atom is 0.271 e. The number of nitrogens with one attached hydrogen (secondary N) is 1. The van der Waals surface area contributed by atoms with Gasteiger partial charge in [0.2, 0.25) is 5.91 Å². The molecule has 0 saturated heterocycles. The molecule has 1 aromatic heterocycles. The molecule has 1 N–H and O–H groups in total. The van der Waals surface area contributed by atoms with E-state index in [0.29, 0.717) is 41.1 Å². The van der Waals surface area contributed by atoms with Crippen molar-refractivity contribution in [2.45, 2.75) is 38.0 Å². The van der Waals surface area contributed by atoms with Crippen LogP contribution < -0.4 is 20.3 Å². The second-order valence-corrected chi connectivity index (χ2v) is 8.39. The zero-order valence-electron chi connectivity index (χ0n) is 18.6. The number of hydrogen-bond donors (Lipinski definition) is 1. The first-order valence-corrected chi connectivity index (χ1v) is 11.3. The fraction of sp³-hybridized carbons (Fsp3) is 0.292. The van der Waals surface area contributed by atoms with Gasteiger partial charge in [0.1, 0.15) is 16.5 Å². The molecule has 0 bridgehead atoms. The molecule has 3 rings (SSSR count). The lowest BCUT2D eigenvalue weighted by Crippen LogP contribution is -2.24. The van der Waals surface area contributed by atoms with Gasteiger partial charge >= 0.3 is 0 Å². The van der Waals surface area contributed by atoms with Gasteiger partial charge in [-0.15, -0.1) is 0 Å². The molecule has 0 saturated carbocycles. The fourth-order valence-electron chi connectivity index (χ4n) is 2.94. The van der Waals surface area contributed by atoms with Crippen molar-refractivity contribution in [3.05, 3.63) is 70.5 Å². The molecule has 1 atom stereocenters. The van der Waals surface area contributed by atoms with Crippen LogP contribution in [-0.4, -0.2) is 34.2 Å². The molecule has 1 heterocycles. The highest BCUT2D eigenvalue weighted by Gasteiger charge is 2.18. The molecule has 168 valence electrons. The number of rotatable bonds is 9. The zero-order valence-corrected chi connectivity index (χ0v) is 19.4. The number of amides is 1. The van der Waals surface area contributed by atoms with Gasteiger partial charge in [0, 0.05) is 12.1 Å². The highest BCUT2D eigenvalue weighted by atomic mass is 32.2. The molecule has 0 spiro atoms. The van der Waals surface area contributed by atoms with E-state index in [0.717, 1.165) is 5.56 Å². The molecular formula is C24H27N3O4S. The quantitative estimate of drug-likeness (QED) is 0.482. The molecule has 0 unspecified atom stereocenters. The number of anilines is 1. The molecule has 0 aliphatic heterocycles. The summed E-state index contributed by atoms with van der Waals surface area (Å²) < 4.78 is 12.5. The first-order chi connectivity index (χ1) is 15.4. The largest absolute Gasteiger partial charge is 0.494 e. The average molecular weight is 454 g/mol. The highest BCUT2D eigenvalue weighted by molar-refractivity contribution is 8.00. The minimum absolute atomic E-state index is 0.209. The van der Waals surface area contributed by atoms with E-state index in [-0.39, 0.29) is 11.5 Å². The Bertz CT molecular complexity index is 1130. The van der Waals surface area contributed by atoms with Gasteiger partial charge in [0.15, 0.2) is 0 Å². The lowest BCUT2D eigenvalue weighted by Gasteiger charge is -2.16. The van der Waals surface area contributed by atoms with Gasteiger partial charge in [0.25, 0.3) is 5.56 Å². The smallest absolute Gasteiger partial charge is 0.271 e. The third kappa shape index (κ3) is 5.91. The number of aryl methyl sites for hydroxylation is 1. The average Bonchev–Trinajstić information content (AvgIpc) is 2.78. The summed E-state index contributed by atoms with van der Waals surface area (Å²) in [5.41, 5.74) is 2.09. The topological polar surface area (TPSA) is 82.5 Å². The van der Waals surface area contributed by atoms with Crippen molar-refractivity contribution in [2.75, 3.05) is 18.5 Å². The Morgan fingerprint density at radius 3 is 2.47 bits per heavy atom. The summed E-state index contributed by atoms with van der Waals surface area (Å²) in [5, 5.41) is 7.46. The summed E-state index contributed by atoms with van der Waals surface area (Å²) in [5.74, 6) is 1.02. The predicted molar refractivity (Wildman–Crippen MR) is 127 cm³/mol. The maximum absolute atomic E-state index is 12.9. The van der Waals surface area contributed by atoms with Crippen LogP contribution >= 0.6 is 11.8 Å². The van der Waals surface area contributed by atoms with E-state index >= 15 is 0 Å². The van der Waals surface area contributed by atoms with Crippen molar-refractivity contribution >= 4 is 23.4 Å². The van der Waals surface area contributed by atoms with Gasteiger partial charge < -0.3 is 14.8 Å². The minimum Gasteiger partial charge on any atom is -0.494 e. The van der Waals surface area contributed by atoms with Crippen LogP contribution in [0.1, 0.15) is 26.3 Å². The summed E-state index contributed by atoms with van der Waals surface area (Å²) in [6.45, 7) is 8.55. The van der Waals surface area contributed by atoms with E-state index in [1.165, 1.54) is 22.5 Å². The van der Waals surface area contributed by atoms with Gasteiger partial charge in [-0.05, 0) is 58.0 Å². The molecule has 8 heteroatoms. The van der Waals surface area contributed by atoms with Crippen LogP contribution in [-0.2, 0) is 4.79 Å². The Labute approximate surface area is 191 Å². The first kappa shape index (κ1) is 23.4. The molecule has 0 aliphatic carbocycles. The Morgan fingerprint density at radius 1 is 1.06 bits per heavy atom. The van der Waals surface area contributed by atoms with E-state index in [1.807, 2.05) is 45.0 Å². The number of aromatic nitrogens is 2. The Hall–Kier alpha value is -3.26. The second kappa shape index (κ2) is 10.9. The zero-order chi connectivity index (χ0) is 23.1. The lowest BCUT2D eigenvalue weighted by atomic mass is 10.2. The number of thioether (sulfide) groups is 1. The molecule has 2 aromatic carbocycles. The Morgan fingerprint density at radius 2 is 1.78 bits per heavy atom.